The number of thiazole rings is 1. The number of oxime groups is 1. The zero-order valence-corrected chi connectivity index (χ0v) is 22.0. The van der Waals surface area contributed by atoms with Crippen molar-refractivity contribution in [3.05, 3.63) is 46.5 Å². The van der Waals surface area contributed by atoms with Gasteiger partial charge in [0.1, 0.15) is 41.4 Å². The number of nitrogens with two attached hydrogens (primary N) is 1. The van der Waals surface area contributed by atoms with Crippen LogP contribution in [0.1, 0.15) is 5.69 Å². The van der Waals surface area contributed by atoms with E-state index in [1.54, 1.807) is 17.5 Å². The third-order valence-corrected chi connectivity index (χ3v) is 8.28. The number of carbonyl (C=O) groups is 3. The third kappa shape index (κ3) is 4.82. The van der Waals surface area contributed by atoms with Crippen molar-refractivity contribution in [2.75, 3.05) is 24.3 Å². The van der Waals surface area contributed by atoms with E-state index < -0.39 is 29.9 Å². The monoisotopic (exact) mass is 573 g/mol. The molecule has 1 saturated heterocycles. The fourth-order valence-corrected chi connectivity index (χ4v) is 6.39. The lowest BCUT2D eigenvalue weighted by Crippen LogP contribution is -2.73. The molecular formula is C21H19N9O5S3. The summed E-state index contributed by atoms with van der Waals surface area (Å²) >= 11 is 3.84. The number of nitrogens with one attached hydrogen (secondary N) is 2. The number of carboxylic acids is 1. The number of β-lactam (4-membered cyclic amide) rings is 1. The first-order chi connectivity index (χ1) is 18.4. The van der Waals surface area contributed by atoms with Crippen LogP contribution in [0.3, 0.4) is 0 Å². The van der Waals surface area contributed by atoms with Gasteiger partial charge < -0.3 is 26.0 Å². The molecular weight excluding hydrogens is 554 g/mol. The number of aliphatic carboxylic acids is 1. The molecule has 38 heavy (non-hydrogen) atoms. The number of hydrogen-bond donors (Lipinski definition) is 4. The maximum absolute atomic E-state index is 13.0. The van der Waals surface area contributed by atoms with Crippen LogP contribution in [0.25, 0.3) is 11.2 Å². The minimum atomic E-state index is -1.23. The van der Waals surface area contributed by atoms with E-state index in [4.69, 9.17) is 10.6 Å². The molecule has 0 spiro atoms. The molecule has 3 aromatic rings. The van der Waals surface area contributed by atoms with Gasteiger partial charge in [-0.2, -0.15) is 0 Å². The van der Waals surface area contributed by atoms with E-state index in [0.29, 0.717) is 32.6 Å². The molecule has 2 amide bonds. The normalized spacial score (nSPS) is 19.6. The molecule has 0 radical (unpaired) electrons. The van der Waals surface area contributed by atoms with Gasteiger partial charge in [0.05, 0.1) is 12.4 Å². The molecule has 0 aromatic carbocycles. The number of aromatic nitrogens is 5. The van der Waals surface area contributed by atoms with Crippen LogP contribution < -0.4 is 11.1 Å². The fraction of sp³-hybridized carbons (Fsp3) is 0.238. The summed E-state index contributed by atoms with van der Waals surface area (Å²) in [7, 11) is 1.28. The highest BCUT2D eigenvalue weighted by molar-refractivity contribution is 8.03. The third-order valence-electron chi connectivity index (χ3n) is 5.52. The van der Waals surface area contributed by atoms with E-state index >= 15 is 0 Å². The highest BCUT2D eigenvalue weighted by Gasteiger charge is 2.54. The first kappa shape index (κ1) is 25.7. The van der Waals surface area contributed by atoms with E-state index in [1.165, 1.54) is 48.2 Å². The van der Waals surface area contributed by atoms with Gasteiger partial charge in [0.15, 0.2) is 16.5 Å². The summed E-state index contributed by atoms with van der Waals surface area (Å²) in [5.41, 5.74) is 6.88. The highest BCUT2D eigenvalue weighted by Crippen LogP contribution is 2.39. The fourth-order valence-electron chi connectivity index (χ4n) is 3.88. The number of hydrogen-bond acceptors (Lipinski definition) is 13. The number of allylic oxidation sites excluding steroid dienone is 1. The smallest absolute Gasteiger partial charge is 0.353 e. The minimum absolute atomic E-state index is 0.127. The molecule has 5 heterocycles. The largest absolute Gasteiger partial charge is 0.477 e. The van der Waals surface area contributed by atoms with Gasteiger partial charge in [-0.3, -0.25) is 14.5 Å². The number of fused-ring (bicyclic) bond motifs is 2. The summed E-state index contributed by atoms with van der Waals surface area (Å²) in [6, 6.07) is -1.45. The number of rotatable bonds is 9. The summed E-state index contributed by atoms with van der Waals surface area (Å²) in [5.74, 6) is -1.56. The van der Waals surface area contributed by atoms with Crippen molar-refractivity contribution < 1.29 is 24.3 Å². The highest BCUT2D eigenvalue weighted by atomic mass is 32.2. The van der Waals surface area contributed by atoms with Gasteiger partial charge in [0.2, 0.25) is 0 Å². The summed E-state index contributed by atoms with van der Waals surface area (Å²) in [6.07, 6.45) is 6.46. The zero-order chi connectivity index (χ0) is 26.8. The molecule has 5 N–H and O–H groups in total. The Morgan fingerprint density at radius 3 is 3.00 bits per heavy atom. The van der Waals surface area contributed by atoms with E-state index in [-0.39, 0.29) is 22.2 Å². The predicted molar refractivity (Wildman–Crippen MR) is 141 cm³/mol. The number of nitrogens with zero attached hydrogens (tertiary/aromatic N) is 6. The standard InChI is InChI=1S/C21H19N9O5S3/c1-35-29-12(9-5-38-21(22)27-9)17(31)28-13-10-6-37-11(15(20(33)34)30(10)19(13)32)3-2-4-36-18-14-16(24-7-23-14)25-8-26-18/h2-3,5,7-8,10,13H,4,6H2,1H3,(H2,22,27)(H,28,31)(H,33,34)(H,23,24,25,26)/b3-2+,29-12?/t10-,13+/m1/s1. The van der Waals surface area contributed by atoms with Crippen molar-refractivity contribution in [2.24, 2.45) is 5.16 Å². The van der Waals surface area contributed by atoms with E-state index in [2.05, 4.69) is 35.4 Å². The molecule has 2 atom stereocenters. The van der Waals surface area contributed by atoms with Crippen LogP contribution in [0, 0.1) is 0 Å². The second kappa shape index (κ2) is 10.8. The number of carboxylic acid groups (broad SMARTS) is 1. The average Bonchev–Trinajstić information content (AvgIpc) is 3.56. The number of aromatic amines is 1. The maximum atomic E-state index is 13.0. The molecule has 17 heteroatoms. The second-order valence-corrected chi connectivity index (χ2v) is 10.7. The molecule has 5 rings (SSSR count). The topological polar surface area (TPSA) is 202 Å². The van der Waals surface area contributed by atoms with Crippen LogP contribution in [-0.2, 0) is 19.2 Å². The van der Waals surface area contributed by atoms with Crippen LogP contribution >= 0.6 is 34.9 Å². The molecule has 14 nitrogen and oxygen atoms in total. The molecule has 0 saturated carbocycles. The molecule has 3 aromatic heterocycles. The second-order valence-electron chi connectivity index (χ2n) is 7.74. The number of H-pyrrole nitrogens is 1. The number of anilines is 1. The number of carbonyl (C=O) groups excluding carboxylic acids is 2. The molecule has 2 aliphatic rings. The van der Waals surface area contributed by atoms with Gasteiger partial charge in [-0.1, -0.05) is 23.0 Å². The Morgan fingerprint density at radius 1 is 1.42 bits per heavy atom. The summed E-state index contributed by atoms with van der Waals surface area (Å²) in [5, 5.41) is 18.7. The molecule has 1 fully saturated rings. The first-order valence-corrected chi connectivity index (χ1v) is 13.7. The van der Waals surface area contributed by atoms with Crippen LogP contribution in [0.15, 0.2) is 51.0 Å². The van der Waals surface area contributed by atoms with Crippen molar-refractivity contribution in [1.82, 2.24) is 35.1 Å². The van der Waals surface area contributed by atoms with E-state index in [9.17, 15) is 19.5 Å². The Balaban J connectivity index is 1.27. The molecule has 2 aliphatic heterocycles. The SMILES string of the molecule is CON=C(C(=O)N[C@@H]1C(=O)N2C(C(=O)O)=C(/C=C/CSc3ncnc4[nH]cnc34)SC[C@H]12)c1csc(N)n1. The first-order valence-electron chi connectivity index (χ1n) is 10.9. The van der Waals surface area contributed by atoms with Gasteiger partial charge in [-0.05, 0) is 6.08 Å². The Kier molecular flexibility index (Phi) is 7.30. The Morgan fingerprint density at radius 2 is 2.26 bits per heavy atom. The zero-order valence-electron chi connectivity index (χ0n) is 19.5. The quantitative estimate of drug-likeness (QED) is 0.0924. The van der Waals surface area contributed by atoms with Gasteiger partial charge >= 0.3 is 5.97 Å². The molecule has 0 aliphatic carbocycles. The lowest BCUT2D eigenvalue weighted by molar-refractivity contribution is -0.153. The van der Waals surface area contributed by atoms with Crippen molar-refractivity contribution in [3.8, 4) is 0 Å². The molecule has 196 valence electrons. The number of thioether (sulfide) groups is 2. The van der Waals surface area contributed by atoms with Gasteiger partial charge in [-0.25, -0.2) is 24.7 Å². The number of amides is 2. The molecule has 0 unspecified atom stereocenters. The Labute approximate surface area is 226 Å². The van der Waals surface area contributed by atoms with Gasteiger partial charge in [0.25, 0.3) is 11.8 Å². The average molecular weight is 574 g/mol. The maximum Gasteiger partial charge on any atom is 0.353 e. The summed E-state index contributed by atoms with van der Waals surface area (Å²) in [6.45, 7) is 0. The van der Waals surface area contributed by atoms with Crippen LogP contribution in [0.4, 0.5) is 5.13 Å². The van der Waals surface area contributed by atoms with Crippen molar-refractivity contribution in [1.29, 1.82) is 0 Å². The lowest BCUT2D eigenvalue weighted by atomic mass is 9.94. The van der Waals surface area contributed by atoms with Crippen LogP contribution in [0.2, 0.25) is 0 Å². The predicted octanol–water partition coefficient (Wildman–Crippen LogP) is 0.829. The number of nitrogen functional groups attached to an aromatic ring is 1. The van der Waals surface area contributed by atoms with Crippen molar-refractivity contribution >= 4 is 74.7 Å². The lowest BCUT2D eigenvalue weighted by Gasteiger charge is -2.49. The van der Waals surface area contributed by atoms with E-state index in [1.807, 2.05) is 0 Å². The van der Waals surface area contributed by atoms with Crippen molar-refractivity contribution in [3.63, 3.8) is 0 Å². The van der Waals surface area contributed by atoms with Crippen molar-refractivity contribution in [2.45, 2.75) is 17.1 Å². The minimum Gasteiger partial charge on any atom is -0.477 e. The summed E-state index contributed by atoms with van der Waals surface area (Å²) < 4.78 is 0. The van der Waals surface area contributed by atoms with Crippen LogP contribution in [0.5, 0.6) is 0 Å². The summed E-state index contributed by atoms with van der Waals surface area (Å²) in [4.78, 5) is 63.9. The van der Waals surface area contributed by atoms with E-state index in [0.717, 1.165) is 11.3 Å². The molecule has 0 bridgehead atoms. The Hall–Kier alpha value is -3.96. The van der Waals surface area contributed by atoms with Gasteiger partial charge in [0, 0.05) is 21.8 Å². The van der Waals surface area contributed by atoms with Crippen LogP contribution in [-0.4, -0.2) is 89.1 Å². The number of imidazole rings is 1. The van der Waals surface area contributed by atoms with Gasteiger partial charge in [-0.15, -0.1) is 23.1 Å². The Bertz CT molecular complexity index is 1510.